The van der Waals surface area contributed by atoms with Crippen LogP contribution in [0, 0.1) is 5.82 Å². The van der Waals surface area contributed by atoms with Gasteiger partial charge in [0.1, 0.15) is 23.1 Å². The fraction of sp³-hybridized carbons (Fsp3) is 0.231. The summed E-state index contributed by atoms with van der Waals surface area (Å²) in [6, 6.07) is 15.3. The van der Waals surface area contributed by atoms with Crippen LogP contribution in [0.2, 0.25) is 0 Å². The Labute approximate surface area is 209 Å². The van der Waals surface area contributed by atoms with Crippen LogP contribution in [0.3, 0.4) is 0 Å². The van der Waals surface area contributed by atoms with Gasteiger partial charge in [-0.15, -0.1) is 0 Å². The summed E-state index contributed by atoms with van der Waals surface area (Å²) in [7, 11) is -3.74. The molecule has 2 aromatic heterocycles. The van der Waals surface area contributed by atoms with Crippen LogP contribution in [0.4, 0.5) is 10.2 Å². The van der Waals surface area contributed by atoms with E-state index in [1.54, 1.807) is 24.4 Å². The Kier molecular flexibility index (Phi) is 7.09. The number of anilines is 1. The molecule has 0 radical (unpaired) electrons. The number of phenols is 1. The van der Waals surface area contributed by atoms with Gasteiger partial charge >= 0.3 is 0 Å². The molecule has 0 aliphatic carbocycles. The molecule has 10 heteroatoms. The van der Waals surface area contributed by atoms with E-state index in [-0.39, 0.29) is 29.3 Å². The molecule has 0 aliphatic heterocycles. The molecule has 4 rings (SSSR count). The molecule has 188 valence electrons. The Bertz CT molecular complexity index is 1460. The first kappa shape index (κ1) is 25.3. The topological polar surface area (TPSA) is 109 Å². The van der Waals surface area contributed by atoms with E-state index in [1.807, 2.05) is 29.1 Å². The van der Waals surface area contributed by atoms with Gasteiger partial charge in [-0.3, -0.25) is 4.68 Å². The van der Waals surface area contributed by atoms with Crippen molar-refractivity contribution in [3.63, 3.8) is 0 Å². The van der Waals surface area contributed by atoms with Crippen molar-refractivity contribution in [3.8, 4) is 28.1 Å². The predicted octanol–water partition coefficient (Wildman–Crippen LogP) is 4.60. The van der Waals surface area contributed by atoms with Crippen molar-refractivity contribution in [2.45, 2.75) is 31.2 Å². The molecule has 2 heterocycles. The Hall–Kier alpha value is -3.76. The molecule has 4 aromatic rings. The maximum Gasteiger partial charge on any atom is 0.240 e. The molecular formula is C26H28FN5O3S. The SMILES string of the molecule is CC(C)(C)n1cc(-c2ccnc(NCCNS(=O)(=O)c3ccc(F)cc3)c2)c(-c2cccc(O)c2)n1. The van der Waals surface area contributed by atoms with E-state index >= 15 is 0 Å². The summed E-state index contributed by atoms with van der Waals surface area (Å²) in [4.78, 5) is 4.34. The second-order valence-corrected chi connectivity index (χ2v) is 11.0. The second-order valence-electron chi connectivity index (χ2n) is 9.27. The number of pyridine rings is 1. The highest BCUT2D eigenvalue weighted by atomic mass is 32.2. The molecule has 0 spiro atoms. The molecule has 0 bridgehead atoms. The third-order valence-corrected chi connectivity index (χ3v) is 6.92. The first-order valence-electron chi connectivity index (χ1n) is 11.4. The first-order chi connectivity index (χ1) is 17.0. The Morgan fingerprint density at radius 3 is 2.44 bits per heavy atom. The lowest BCUT2D eigenvalue weighted by Gasteiger charge is -2.18. The van der Waals surface area contributed by atoms with Crippen LogP contribution in [-0.4, -0.2) is 41.4 Å². The van der Waals surface area contributed by atoms with E-state index in [1.165, 1.54) is 12.1 Å². The van der Waals surface area contributed by atoms with Crippen molar-refractivity contribution in [1.82, 2.24) is 19.5 Å². The fourth-order valence-corrected chi connectivity index (χ4v) is 4.59. The standard InChI is InChI=1S/C26H28FN5O3S/c1-26(2,3)32-17-23(25(31-32)19-5-4-6-21(33)15-19)18-11-12-28-24(16-18)29-13-14-30-36(34,35)22-9-7-20(27)8-10-22/h4-12,15-17,30,33H,13-14H2,1-3H3,(H,28,29). The molecule has 0 saturated heterocycles. The molecule has 0 atom stereocenters. The number of hydrogen-bond donors (Lipinski definition) is 3. The number of benzene rings is 2. The molecule has 0 amide bonds. The molecule has 0 saturated carbocycles. The number of halogens is 1. The molecular weight excluding hydrogens is 481 g/mol. The molecule has 36 heavy (non-hydrogen) atoms. The van der Waals surface area contributed by atoms with E-state index in [0.717, 1.165) is 34.5 Å². The van der Waals surface area contributed by atoms with Crippen LogP contribution in [0.1, 0.15) is 20.8 Å². The summed E-state index contributed by atoms with van der Waals surface area (Å²) in [5.41, 5.74) is 3.00. The van der Waals surface area contributed by atoms with Gasteiger partial charge in [-0.2, -0.15) is 5.10 Å². The summed E-state index contributed by atoms with van der Waals surface area (Å²) in [6.07, 6.45) is 3.64. The van der Waals surface area contributed by atoms with Gasteiger partial charge in [0.05, 0.1) is 10.4 Å². The van der Waals surface area contributed by atoms with Gasteiger partial charge in [0.2, 0.25) is 10.0 Å². The van der Waals surface area contributed by atoms with E-state index in [4.69, 9.17) is 5.10 Å². The van der Waals surface area contributed by atoms with Gasteiger partial charge in [-0.25, -0.2) is 22.5 Å². The fourth-order valence-electron chi connectivity index (χ4n) is 3.56. The summed E-state index contributed by atoms with van der Waals surface area (Å²) in [5.74, 6) is 0.226. The molecule has 0 fully saturated rings. The van der Waals surface area contributed by atoms with Gasteiger partial charge in [0, 0.05) is 36.6 Å². The quantitative estimate of drug-likeness (QED) is 0.300. The van der Waals surface area contributed by atoms with E-state index < -0.39 is 15.8 Å². The van der Waals surface area contributed by atoms with Crippen LogP contribution in [0.15, 0.2) is 78.0 Å². The van der Waals surface area contributed by atoms with Gasteiger partial charge in [0.15, 0.2) is 0 Å². The van der Waals surface area contributed by atoms with Crippen molar-refractivity contribution < 1.29 is 17.9 Å². The van der Waals surface area contributed by atoms with Crippen molar-refractivity contribution in [2.75, 3.05) is 18.4 Å². The van der Waals surface area contributed by atoms with Crippen LogP contribution < -0.4 is 10.0 Å². The zero-order chi connectivity index (χ0) is 25.9. The van der Waals surface area contributed by atoms with E-state index in [9.17, 15) is 17.9 Å². The van der Waals surface area contributed by atoms with Crippen LogP contribution in [-0.2, 0) is 15.6 Å². The molecule has 0 unspecified atom stereocenters. The van der Waals surface area contributed by atoms with Crippen LogP contribution in [0.5, 0.6) is 5.75 Å². The lowest BCUT2D eigenvalue weighted by atomic mass is 10.0. The normalized spacial score (nSPS) is 12.0. The number of rotatable bonds is 8. The minimum atomic E-state index is -3.74. The largest absolute Gasteiger partial charge is 0.508 e. The third kappa shape index (κ3) is 5.89. The van der Waals surface area contributed by atoms with E-state index in [2.05, 4.69) is 35.8 Å². The molecule has 2 aromatic carbocycles. The number of aromatic nitrogens is 3. The average molecular weight is 510 g/mol. The zero-order valence-electron chi connectivity index (χ0n) is 20.2. The number of sulfonamides is 1. The molecule has 0 aliphatic rings. The number of aromatic hydroxyl groups is 1. The number of nitrogens with zero attached hydrogens (tertiary/aromatic N) is 3. The van der Waals surface area contributed by atoms with Gasteiger partial charge in [0.25, 0.3) is 0 Å². The Morgan fingerprint density at radius 2 is 1.75 bits per heavy atom. The maximum absolute atomic E-state index is 13.1. The minimum Gasteiger partial charge on any atom is -0.508 e. The highest BCUT2D eigenvalue weighted by molar-refractivity contribution is 7.89. The lowest BCUT2D eigenvalue weighted by molar-refractivity contribution is 0.356. The summed E-state index contributed by atoms with van der Waals surface area (Å²) in [5, 5.41) is 17.9. The third-order valence-electron chi connectivity index (χ3n) is 5.44. The highest BCUT2D eigenvalue weighted by Gasteiger charge is 2.20. The van der Waals surface area contributed by atoms with Crippen LogP contribution >= 0.6 is 0 Å². The first-order valence-corrected chi connectivity index (χ1v) is 12.9. The van der Waals surface area contributed by atoms with Gasteiger partial charge in [-0.05, 0) is 74.9 Å². The second kappa shape index (κ2) is 10.1. The Morgan fingerprint density at radius 1 is 1.00 bits per heavy atom. The number of hydrogen-bond acceptors (Lipinski definition) is 6. The summed E-state index contributed by atoms with van der Waals surface area (Å²) >= 11 is 0. The predicted molar refractivity (Wildman–Crippen MR) is 138 cm³/mol. The van der Waals surface area contributed by atoms with Gasteiger partial charge in [-0.1, -0.05) is 12.1 Å². The minimum absolute atomic E-state index is 0.000592. The van der Waals surface area contributed by atoms with E-state index in [0.29, 0.717) is 5.82 Å². The summed E-state index contributed by atoms with van der Waals surface area (Å²) in [6.45, 7) is 6.58. The monoisotopic (exact) mass is 509 g/mol. The number of nitrogens with one attached hydrogen (secondary N) is 2. The van der Waals surface area contributed by atoms with Crippen molar-refractivity contribution in [3.05, 3.63) is 78.9 Å². The van der Waals surface area contributed by atoms with Crippen molar-refractivity contribution in [1.29, 1.82) is 0 Å². The van der Waals surface area contributed by atoms with Crippen LogP contribution in [0.25, 0.3) is 22.4 Å². The maximum atomic E-state index is 13.1. The molecule has 8 nitrogen and oxygen atoms in total. The summed E-state index contributed by atoms with van der Waals surface area (Å²) < 4.78 is 42.2. The smallest absolute Gasteiger partial charge is 0.240 e. The van der Waals surface area contributed by atoms with Gasteiger partial charge < -0.3 is 10.4 Å². The Balaban J connectivity index is 1.52. The number of phenolic OH excluding ortho intramolecular Hbond substituents is 1. The highest BCUT2D eigenvalue weighted by Crippen LogP contribution is 2.34. The van der Waals surface area contributed by atoms with Crippen molar-refractivity contribution >= 4 is 15.8 Å². The lowest BCUT2D eigenvalue weighted by Crippen LogP contribution is -2.29. The molecule has 3 N–H and O–H groups in total. The average Bonchev–Trinajstić information content (AvgIpc) is 3.29. The van der Waals surface area contributed by atoms with Crippen molar-refractivity contribution in [2.24, 2.45) is 0 Å². The zero-order valence-corrected chi connectivity index (χ0v) is 21.1.